The van der Waals surface area contributed by atoms with Crippen LogP contribution in [0.2, 0.25) is 0 Å². The van der Waals surface area contributed by atoms with E-state index in [1.54, 1.807) is 12.4 Å². The number of benzene rings is 1. The van der Waals surface area contributed by atoms with Gasteiger partial charge in [0.15, 0.2) is 5.78 Å². The van der Waals surface area contributed by atoms with Crippen LogP contribution >= 0.6 is 0 Å². The van der Waals surface area contributed by atoms with Crippen LogP contribution < -0.4 is 0 Å². The zero-order chi connectivity index (χ0) is 17.8. The Morgan fingerprint density at radius 2 is 2.04 bits per heavy atom. The number of rotatable bonds is 6. The summed E-state index contributed by atoms with van der Waals surface area (Å²) >= 11 is 0. The number of fused-ring (bicyclic) bond motifs is 1. The zero-order valence-electron chi connectivity index (χ0n) is 14.4. The van der Waals surface area contributed by atoms with Gasteiger partial charge in [0.1, 0.15) is 0 Å². The number of nitrogens with zero attached hydrogens (tertiary/aromatic N) is 2. The summed E-state index contributed by atoms with van der Waals surface area (Å²) in [5, 5.41) is 0.923. The molecule has 2 heterocycles. The van der Waals surface area contributed by atoms with Gasteiger partial charge in [0.05, 0.1) is 24.5 Å². The number of carbonyl (C=O) groups is 2. The third-order valence-electron chi connectivity index (χ3n) is 4.20. The highest BCUT2D eigenvalue weighted by molar-refractivity contribution is 6.08. The lowest BCUT2D eigenvalue weighted by Crippen LogP contribution is -2.03. The summed E-state index contributed by atoms with van der Waals surface area (Å²) in [5.74, 6) is -0.261. The molecule has 0 radical (unpaired) electrons. The Morgan fingerprint density at radius 1 is 1.20 bits per heavy atom. The van der Waals surface area contributed by atoms with Crippen molar-refractivity contribution in [3.63, 3.8) is 0 Å². The number of ketones is 1. The summed E-state index contributed by atoms with van der Waals surface area (Å²) in [6.45, 7) is 2.01. The quantitative estimate of drug-likeness (QED) is 0.506. The summed E-state index contributed by atoms with van der Waals surface area (Å²) in [7, 11) is 1.36. The van der Waals surface area contributed by atoms with E-state index in [4.69, 9.17) is 0 Å². The van der Waals surface area contributed by atoms with Crippen LogP contribution in [0.25, 0.3) is 16.6 Å². The van der Waals surface area contributed by atoms with E-state index >= 15 is 0 Å². The van der Waals surface area contributed by atoms with E-state index in [1.165, 1.54) is 7.11 Å². The minimum atomic E-state index is -0.290. The molecule has 0 fully saturated rings. The topological polar surface area (TPSA) is 61.2 Å². The molecule has 1 aromatic carbocycles. The Bertz CT molecular complexity index is 913. The number of pyridine rings is 1. The van der Waals surface area contributed by atoms with Gasteiger partial charge in [-0.1, -0.05) is 11.6 Å². The van der Waals surface area contributed by atoms with Gasteiger partial charge in [0.2, 0.25) is 0 Å². The molecule has 0 saturated carbocycles. The number of hydrogen-bond donors (Lipinski definition) is 0. The van der Waals surface area contributed by atoms with Crippen LogP contribution in [0, 0.1) is 6.92 Å². The van der Waals surface area contributed by atoms with Gasteiger partial charge in [0.25, 0.3) is 0 Å². The van der Waals surface area contributed by atoms with Crippen molar-refractivity contribution in [2.24, 2.45) is 0 Å². The molecule has 2 aromatic heterocycles. The maximum atomic E-state index is 12.7. The number of aromatic nitrogens is 2. The molecular weight excluding hydrogens is 316 g/mol. The predicted molar refractivity (Wildman–Crippen MR) is 96.0 cm³/mol. The molecule has 0 saturated heterocycles. The third-order valence-corrected chi connectivity index (χ3v) is 4.20. The first-order valence-corrected chi connectivity index (χ1v) is 8.22. The molecule has 3 rings (SSSR count). The average Bonchev–Trinajstić information content (AvgIpc) is 3.00. The molecule has 3 aromatic rings. The Hall–Kier alpha value is -2.95. The standard InChI is InChI=1S/C20H20N2O3/c1-14-8-9-18-16(11-14)17(19(23)6-3-7-20(24)25-2)13-22(18)15-5-4-10-21-12-15/h4-5,8-13H,3,6-7H2,1-2H3. The van der Waals surface area contributed by atoms with Crippen molar-refractivity contribution in [3.05, 3.63) is 60.0 Å². The number of Topliss-reactive ketones (excluding diaryl/α,β-unsaturated/α-hetero) is 1. The number of esters is 1. The largest absolute Gasteiger partial charge is 0.469 e. The van der Waals surface area contributed by atoms with E-state index in [2.05, 4.69) is 9.72 Å². The molecule has 0 atom stereocenters. The Kier molecular flexibility index (Phi) is 4.93. The maximum Gasteiger partial charge on any atom is 0.305 e. The molecular formula is C20H20N2O3. The first-order chi connectivity index (χ1) is 12.1. The fraction of sp³-hybridized carbons (Fsp3) is 0.250. The highest BCUT2D eigenvalue weighted by atomic mass is 16.5. The number of ether oxygens (including phenoxy) is 1. The fourth-order valence-electron chi connectivity index (χ4n) is 2.91. The second kappa shape index (κ2) is 7.30. The van der Waals surface area contributed by atoms with Gasteiger partial charge in [-0.15, -0.1) is 0 Å². The lowest BCUT2D eigenvalue weighted by atomic mass is 10.0. The maximum absolute atomic E-state index is 12.7. The van der Waals surface area contributed by atoms with Crippen LogP contribution in [0.5, 0.6) is 0 Å². The molecule has 0 aliphatic carbocycles. The van der Waals surface area contributed by atoms with E-state index in [-0.39, 0.29) is 18.2 Å². The highest BCUT2D eigenvalue weighted by Gasteiger charge is 2.16. The molecule has 25 heavy (non-hydrogen) atoms. The molecule has 0 spiro atoms. The van der Waals surface area contributed by atoms with Crippen LogP contribution in [-0.2, 0) is 9.53 Å². The van der Waals surface area contributed by atoms with Crippen molar-refractivity contribution in [2.45, 2.75) is 26.2 Å². The summed E-state index contributed by atoms with van der Waals surface area (Å²) in [4.78, 5) is 28.1. The van der Waals surface area contributed by atoms with Crippen molar-refractivity contribution < 1.29 is 14.3 Å². The van der Waals surface area contributed by atoms with Crippen molar-refractivity contribution in [1.82, 2.24) is 9.55 Å². The second-order valence-electron chi connectivity index (χ2n) is 6.00. The van der Waals surface area contributed by atoms with Crippen molar-refractivity contribution in [3.8, 4) is 5.69 Å². The molecule has 0 unspecified atom stereocenters. The lowest BCUT2D eigenvalue weighted by Gasteiger charge is -2.04. The van der Waals surface area contributed by atoms with Crippen molar-refractivity contribution >= 4 is 22.7 Å². The van der Waals surface area contributed by atoms with Gasteiger partial charge in [0, 0.05) is 36.2 Å². The normalized spacial score (nSPS) is 10.8. The van der Waals surface area contributed by atoms with Gasteiger partial charge >= 0.3 is 5.97 Å². The second-order valence-corrected chi connectivity index (χ2v) is 6.00. The molecule has 0 bridgehead atoms. The van der Waals surface area contributed by atoms with Gasteiger partial charge in [-0.25, -0.2) is 0 Å². The molecule has 0 amide bonds. The van der Waals surface area contributed by atoms with E-state index in [9.17, 15) is 9.59 Å². The Balaban J connectivity index is 1.96. The van der Waals surface area contributed by atoms with Gasteiger partial charge in [-0.3, -0.25) is 14.6 Å². The highest BCUT2D eigenvalue weighted by Crippen LogP contribution is 2.27. The SMILES string of the molecule is COC(=O)CCCC(=O)c1cn(-c2cccnc2)c2ccc(C)cc12. The molecule has 0 aliphatic heterocycles. The summed E-state index contributed by atoms with van der Waals surface area (Å²) in [5.41, 5.74) is 3.65. The minimum absolute atomic E-state index is 0.0298. The predicted octanol–water partition coefficient (Wildman–Crippen LogP) is 3.86. The Morgan fingerprint density at radius 3 is 2.76 bits per heavy atom. The van der Waals surface area contributed by atoms with Crippen LogP contribution in [0.3, 0.4) is 0 Å². The van der Waals surface area contributed by atoms with E-state index < -0.39 is 0 Å². The smallest absolute Gasteiger partial charge is 0.305 e. The van der Waals surface area contributed by atoms with Gasteiger partial charge < -0.3 is 9.30 Å². The summed E-state index contributed by atoms with van der Waals surface area (Å²) < 4.78 is 6.61. The monoisotopic (exact) mass is 336 g/mol. The van der Waals surface area contributed by atoms with Crippen LogP contribution in [0.1, 0.15) is 35.2 Å². The summed E-state index contributed by atoms with van der Waals surface area (Å²) in [6.07, 6.45) is 6.40. The molecule has 128 valence electrons. The van der Waals surface area contributed by atoms with E-state index in [0.717, 1.165) is 22.2 Å². The number of methoxy groups -OCH3 is 1. The van der Waals surface area contributed by atoms with Crippen molar-refractivity contribution in [1.29, 1.82) is 0 Å². The van der Waals surface area contributed by atoms with E-state index in [0.29, 0.717) is 18.4 Å². The molecule has 5 nitrogen and oxygen atoms in total. The van der Waals surface area contributed by atoms with Crippen molar-refractivity contribution in [2.75, 3.05) is 7.11 Å². The molecule has 5 heteroatoms. The van der Waals surface area contributed by atoms with Crippen LogP contribution in [0.4, 0.5) is 0 Å². The minimum Gasteiger partial charge on any atom is -0.469 e. The Labute approximate surface area is 146 Å². The third kappa shape index (κ3) is 3.60. The fourth-order valence-corrected chi connectivity index (χ4v) is 2.91. The first-order valence-electron chi connectivity index (χ1n) is 8.22. The number of aryl methyl sites for hydroxylation is 1. The lowest BCUT2D eigenvalue weighted by molar-refractivity contribution is -0.140. The number of hydrogen-bond acceptors (Lipinski definition) is 4. The molecule has 0 aliphatic rings. The van der Waals surface area contributed by atoms with Crippen LogP contribution in [0.15, 0.2) is 48.9 Å². The van der Waals surface area contributed by atoms with Gasteiger partial charge in [-0.2, -0.15) is 0 Å². The van der Waals surface area contributed by atoms with Gasteiger partial charge in [-0.05, 0) is 37.6 Å². The average molecular weight is 336 g/mol. The molecule has 0 N–H and O–H groups in total. The first kappa shape index (κ1) is 16.9. The summed E-state index contributed by atoms with van der Waals surface area (Å²) in [6, 6.07) is 9.89. The van der Waals surface area contributed by atoms with E-state index in [1.807, 2.05) is 48.0 Å². The zero-order valence-corrected chi connectivity index (χ0v) is 14.4. The van der Waals surface area contributed by atoms with Crippen LogP contribution in [-0.4, -0.2) is 28.4 Å². The number of carbonyl (C=O) groups excluding carboxylic acids is 2.